The van der Waals surface area contributed by atoms with Crippen LogP contribution in [0.5, 0.6) is 0 Å². The molecule has 2 heterocycles. The van der Waals surface area contributed by atoms with Gasteiger partial charge < -0.3 is 9.47 Å². The number of carbonyl (C=O) groups is 1. The second kappa shape index (κ2) is 6.31. The first-order chi connectivity index (χ1) is 11.7. The van der Waals surface area contributed by atoms with Gasteiger partial charge in [0, 0.05) is 24.4 Å². The van der Waals surface area contributed by atoms with Crippen LogP contribution in [0.3, 0.4) is 0 Å². The van der Waals surface area contributed by atoms with Crippen LogP contribution in [-0.4, -0.2) is 47.5 Å². The maximum absolute atomic E-state index is 11.7. The number of rotatable bonds is 4. The van der Waals surface area contributed by atoms with Crippen LogP contribution < -0.4 is 0 Å². The van der Waals surface area contributed by atoms with Gasteiger partial charge in [-0.2, -0.15) is 0 Å². The minimum atomic E-state index is -0.274. The lowest BCUT2D eigenvalue weighted by Gasteiger charge is -2.29. The molecule has 0 bridgehead atoms. The average Bonchev–Trinajstić information content (AvgIpc) is 3.19. The van der Waals surface area contributed by atoms with E-state index in [4.69, 9.17) is 9.47 Å². The Kier molecular flexibility index (Phi) is 4.16. The molecular formula is C18H25N3O3. The van der Waals surface area contributed by atoms with E-state index < -0.39 is 0 Å². The first kappa shape index (κ1) is 15.8. The average molecular weight is 331 g/mol. The Hall–Kier alpha value is -1.69. The molecule has 130 valence electrons. The summed E-state index contributed by atoms with van der Waals surface area (Å²) < 4.78 is 10.9. The van der Waals surface area contributed by atoms with Gasteiger partial charge in [0.05, 0.1) is 13.7 Å². The minimum Gasteiger partial charge on any atom is -0.453 e. The standard InChI is InChI=1S/C18H25N3O3/c1-23-17(22)21-9-2-4-15(21)24-12-13-5-6-18(11-14(18)10-13)16-19-7-3-8-20-16/h3,7-8,13-15H,2,4-6,9-12H2,1H3. The van der Waals surface area contributed by atoms with E-state index in [0.29, 0.717) is 11.8 Å². The lowest BCUT2D eigenvalue weighted by molar-refractivity contribution is -0.0475. The van der Waals surface area contributed by atoms with E-state index in [1.807, 2.05) is 18.5 Å². The maximum atomic E-state index is 11.7. The van der Waals surface area contributed by atoms with Crippen molar-refractivity contribution in [1.82, 2.24) is 14.9 Å². The van der Waals surface area contributed by atoms with Gasteiger partial charge >= 0.3 is 6.09 Å². The minimum absolute atomic E-state index is 0.110. The fourth-order valence-electron chi connectivity index (χ4n) is 4.55. The summed E-state index contributed by atoms with van der Waals surface area (Å²) in [7, 11) is 1.43. The molecule has 3 fully saturated rings. The van der Waals surface area contributed by atoms with Gasteiger partial charge in [0.2, 0.25) is 0 Å². The van der Waals surface area contributed by atoms with Crippen LogP contribution in [-0.2, 0) is 14.9 Å². The predicted molar refractivity (Wildman–Crippen MR) is 87.2 cm³/mol. The van der Waals surface area contributed by atoms with Crippen molar-refractivity contribution in [3.8, 4) is 0 Å². The highest BCUT2D eigenvalue weighted by Crippen LogP contribution is 2.62. The van der Waals surface area contributed by atoms with E-state index in [-0.39, 0.29) is 17.7 Å². The number of hydrogen-bond donors (Lipinski definition) is 0. The Morgan fingerprint density at radius 1 is 1.38 bits per heavy atom. The van der Waals surface area contributed by atoms with Crippen LogP contribution in [0.4, 0.5) is 4.79 Å². The monoisotopic (exact) mass is 331 g/mol. The number of carbonyl (C=O) groups excluding carboxylic acids is 1. The summed E-state index contributed by atoms with van der Waals surface area (Å²) in [5, 5.41) is 0. The summed E-state index contributed by atoms with van der Waals surface area (Å²) in [6, 6.07) is 1.88. The molecule has 2 aliphatic carbocycles. The van der Waals surface area contributed by atoms with Crippen molar-refractivity contribution in [3.05, 3.63) is 24.3 Å². The van der Waals surface area contributed by atoms with Gasteiger partial charge in [0.25, 0.3) is 0 Å². The van der Waals surface area contributed by atoms with Gasteiger partial charge in [-0.3, -0.25) is 4.90 Å². The third kappa shape index (κ3) is 2.77. The van der Waals surface area contributed by atoms with Gasteiger partial charge in [-0.05, 0) is 56.4 Å². The first-order valence-corrected chi connectivity index (χ1v) is 8.96. The number of nitrogens with zero attached hydrogens (tertiary/aromatic N) is 3. The molecule has 4 atom stereocenters. The molecule has 1 aromatic rings. The van der Waals surface area contributed by atoms with Gasteiger partial charge in [-0.25, -0.2) is 14.8 Å². The van der Waals surface area contributed by atoms with Crippen molar-refractivity contribution >= 4 is 6.09 Å². The molecule has 2 saturated carbocycles. The number of methoxy groups -OCH3 is 1. The molecule has 3 aliphatic rings. The molecule has 1 aromatic heterocycles. The van der Waals surface area contributed by atoms with Crippen LogP contribution >= 0.6 is 0 Å². The van der Waals surface area contributed by atoms with Gasteiger partial charge in [0.15, 0.2) is 0 Å². The van der Waals surface area contributed by atoms with Crippen LogP contribution in [0.1, 0.15) is 44.3 Å². The molecule has 4 rings (SSSR count). The van der Waals surface area contributed by atoms with E-state index in [1.165, 1.54) is 20.0 Å². The molecule has 0 aromatic carbocycles. The topological polar surface area (TPSA) is 64.5 Å². The van der Waals surface area contributed by atoms with Crippen LogP contribution in [0.15, 0.2) is 18.5 Å². The van der Waals surface area contributed by atoms with Crippen molar-refractivity contribution in [2.45, 2.75) is 50.2 Å². The second-order valence-corrected chi connectivity index (χ2v) is 7.36. The Bertz CT molecular complexity index is 596. The zero-order chi connectivity index (χ0) is 16.6. The fourth-order valence-corrected chi connectivity index (χ4v) is 4.55. The predicted octanol–water partition coefficient (Wildman–Crippen LogP) is 2.74. The quantitative estimate of drug-likeness (QED) is 0.849. The summed E-state index contributed by atoms with van der Waals surface area (Å²) >= 11 is 0. The van der Waals surface area contributed by atoms with E-state index in [0.717, 1.165) is 44.7 Å². The smallest absolute Gasteiger partial charge is 0.411 e. The third-order valence-electron chi connectivity index (χ3n) is 5.99. The molecule has 1 saturated heterocycles. The van der Waals surface area contributed by atoms with Gasteiger partial charge in [-0.1, -0.05) is 0 Å². The molecule has 0 radical (unpaired) electrons. The molecule has 0 N–H and O–H groups in total. The number of hydrogen-bond acceptors (Lipinski definition) is 5. The third-order valence-corrected chi connectivity index (χ3v) is 5.99. The maximum Gasteiger partial charge on any atom is 0.411 e. The Balaban J connectivity index is 1.29. The molecular weight excluding hydrogens is 306 g/mol. The fraction of sp³-hybridized carbons (Fsp3) is 0.722. The highest BCUT2D eigenvalue weighted by Gasteiger charge is 2.59. The SMILES string of the molecule is COC(=O)N1CCCC1OCC1CCC2(c3ncccn3)CC2C1. The second-order valence-electron chi connectivity index (χ2n) is 7.36. The van der Waals surface area contributed by atoms with E-state index in [1.54, 1.807) is 4.90 Å². The summed E-state index contributed by atoms with van der Waals surface area (Å²) in [5.41, 5.74) is 0.239. The van der Waals surface area contributed by atoms with Crippen molar-refractivity contribution in [2.75, 3.05) is 20.3 Å². The summed E-state index contributed by atoms with van der Waals surface area (Å²) in [5.74, 6) is 2.30. The van der Waals surface area contributed by atoms with Crippen LogP contribution in [0.25, 0.3) is 0 Å². The highest BCUT2D eigenvalue weighted by atomic mass is 16.6. The Morgan fingerprint density at radius 2 is 2.21 bits per heavy atom. The van der Waals surface area contributed by atoms with Crippen LogP contribution in [0, 0.1) is 11.8 Å². The number of likely N-dealkylation sites (tertiary alicyclic amines) is 1. The molecule has 6 nitrogen and oxygen atoms in total. The van der Waals surface area contributed by atoms with Gasteiger partial charge in [0.1, 0.15) is 12.1 Å². The largest absolute Gasteiger partial charge is 0.453 e. The lowest BCUT2D eigenvalue weighted by Crippen LogP contribution is -2.38. The van der Waals surface area contributed by atoms with Crippen molar-refractivity contribution in [2.24, 2.45) is 11.8 Å². The summed E-state index contributed by atoms with van der Waals surface area (Å²) in [6.07, 6.45) is 9.92. The van der Waals surface area contributed by atoms with E-state index in [9.17, 15) is 4.79 Å². The van der Waals surface area contributed by atoms with Crippen LogP contribution in [0.2, 0.25) is 0 Å². The van der Waals surface area contributed by atoms with E-state index >= 15 is 0 Å². The summed E-state index contributed by atoms with van der Waals surface area (Å²) in [4.78, 5) is 22.4. The zero-order valence-electron chi connectivity index (χ0n) is 14.2. The summed E-state index contributed by atoms with van der Waals surface area (Å²) in [6.45, 7) is 1.47. The molecule has 1 amide bonds. The van der Waals surface area contributed by atoms with Gasteiger partial charge in [-0.15, -0.1) is 0 Å². The number of fused-ring (bicyclic) bond motifs is 1. The lowest BCUT2D eigenvalue weighted by atomic mass is 9.81. The molecule has 4 unspecified atom stereocenters. The Labute approximate surface area is 142 Å². The number of ether oxygens (including phenoxy) is 2. The first-order valence-electron chi connectivity index (χ1n) is 8.96. The van der Waals surface area contributed by atoms with E-state index in [2.05, 4.69) is 9.97 Å². The highest BCUT2D eigenvalue weighted by molar-refractivity contribution is 5.67. The molecule has 24 heavy (non-hydrogen) atoms. The Morgan fingerprint density at radius 3 is 2.96 bits per heavy atom. The van der Waals surface area contributed by atoms with Crippen molar-refractivity contribution in [3.63, 3.8) is 0 Å². The molecule has 0 spiro atoms. The zero-order valence-corrected chi connectivity index (χ0v) is 14.2. The van der Waals surface area contributed by atoms with Crippen molar-refractivity contribution in [1.29, 1.82) is 0 Å². The number of amides is 1. The molecule has 1 aliphatic heterocycles. The number of aromatic nitrogens is 2. The molecule has 6 heteroatoms. The van der Waals surface area contributed by atoms with Crippen molar-refractivity contribution < 1.29 is 14.3 Å². The normalized spacial score (nSPS) is 34.7.